The summed E-state index contributed by atoms with van der Waals surface area (Å²) in [5, 5.41) is 33.2. The first-order chi connectivity index (χ1) is 68.4. The second-order valence-electron chi connectivity index (χ2n) is 49.0. The molecule has 8 N–H and O–H groups in total. The normalized spacial score (nSPS) is 30.3. The van der Waals surface area contributed by atoms with Crippen molar-refractivity contribution in [3.8, 4) is 0 Å². The van der Waals surface area contributed by atoms with Crippen LogP contribution in [0.1, 0.15) is 376 Å². The number of aromatic nitrogens is 4. The van der Waals surface area contributed by atoms with Crippen LogP contribution in [-0.2, 0) is 38.2 Å². The Morgan fingerprint density at radius 2 is 0.932 bits per heavy atom. The van der Waals surface area contributed by atoms with Gasteiger partial charge in [-0.2, -0.15) is 13.4 Å². The Bertz CT molecular complexity index is 4630. The maximum Gasteiger partial charge on any atom is 0.302 e. The molecule has 3 aromatic rings. The van der Waals surface area contributed by atoms with Gasteiger partial charge >= 0.3 is 5.97 Å². The highest BCUT2D eigenvalue weighted by Gasteiger charge is 2.51. The molecule has 16 saturated heterocycles. The molecule has 4 unspecified atom stereocenters. The molecule has 35 heteroatoms. The van der Waals surface area contributed by atoms with Crippen molar-refractivity contribution in [1.82, 2.24) is 59.1 Å². The van der Waals surface area contributed by atoms with Crippen molar-refractivity contribution in [2.24, 2.45) is 16.6 Å². The first-order valence-electron chi connectivity index (χ1n) is 55.1. The highest BCUT2D eigenvalue weighted by Crippen LogP contribution is 2.47. The minimum atomic E-state index is -3.67. The SMILES string of the molecule is CC(=O)C=C(C)C.CC(=O)O[C@@H]1C[C@H]2CCCN2C(C)(C)C1.CC1(C)CC(=O)CC2CCCN21.CC1(C)CC(O)CC2CCCN21.CC1(C)C[C@@H](O)C[C@@H]2CCCN21.CC1(C)C[C@H](N)C[C@@H]2CCCN21.CC1(C)C[C@H](N=[N+]=[N-])C[C@@H]2CCCN21.CC1(C)C[C@H](Nc2nc(Cl)ncc2F)C[C@@H]2CCCN21.CCOC(C)CCCN.CO.Cc1ccc(S(=O)(=O)O[C@H]2C[C@@H]3CCCN3C(C)(C)C2)cc1.Fc1cnc(Cl)nc1Cl. The molecule has 832 valence electrons. The van der Waals surface area contributed by atoms with Crippen LogP contribution in [0.3, 0.4) is 0 Å². The van der Waals surface area contributed by atoms with Crippen molar-refractivity contribution in [3.05, 3.63) is 91.7 Å². The molecular weight excluding hydrogens is 1940 g/mol. The van der Waals surface area contributed by atoms with Crippen molar-refractivity contribution in [3.63, 3.8) is 0 Å². The number of rotatable bonds is 13. The molecule has 0 aliphatic carbocycles. The Labute approximate surface area is 892 Å². The van der Waals surface area contributed by atoms with E-state index in [4.69, 9.17) is 70.6 Å². The van der Waals surface area contributed by atoms with E-state index in [2.05, 4.69) is 192 Å². The number of aliphatic hydroxyl groups excluding tert-OH is 3. The highest BCUT2D eigenvalue weighted by molar-refractivity contribution is 7.86. The van der Waals surface area contributed by atoms with Gasteiger partial charge < -0.3 is 41.6 Å². The average Bonchev–Trinajstić information content (AvgIpc) is 1.45. The number of nitrogens with one attached hydrogen (secondary N) is 1. The van der Waals surface area contributed by atoms with Gasteiger partial charge in [-0.1, -0.05) is 40.0 Å². The molecule has 0 saturated carbocycles. The van der Waals surface area contributed by atoms with Gasteiger partial charge in [0.1, 0.15) is 11.9 Å². The lowest BCUT2D eigenvalue weighted by atomic mass is 9.84. The quantitative estimate of drug-likeness (QED) is 0.0135. The zero-order chi connectivity index (χ0) is 108. The van der Waals surface area contributed by atoms with Crippen LogP contribution in [0.15, 0.2) is 58.3 Å². The molecule has 16 aliphatic rings. The third-order valence-corrected chi connectivity index (χ3v) is 34.9. The summed E-state index contributed by atoms with van der Waals surface area (Å²) in [5.41, 5.74) is 23.5. The van der Waals surface area contributed by atoms with Crippen molar-refractivity contribution < 1.29 is 60.6 Å². The smallest absolute Gasteiger partial charge is 0.302 e. The zero-order valence-corrected chi connectivity index (χ0v) is 96.7. The molecule has 0 spiro atoms. The zero-order valence-electron chi connectivity index (χ0n) is 93.7. The molecule has 1 aromatic carbocycles. The second kappa shape index (κ2) is 57.0. The summed E-state index contributed by atoms with van der Waals surface area (Å²) >= 11 is 16.2. The summed E-state index contributed by atoms with van der Waals surface area (Å²) in [4.78, 5) is 70.7. The van der Waals surface area contributed by atoms with E-state index in [0.29, 0.717) is 65.8 Å². The molecule has 16 fully saturated rings. The maximum absolute atomic E-state index is 13.7. The molecule has 0 amide bonds. The lowest BCUT2D eigenvalue weighted by Crippen LogP contribution is -2.55. The molecule has 16 atom stereocenters. The Morgan fingerprint density at radius 1 is 0.548 bits per heavy atom. The predicted octanol–water partition coefficient (Wildman–Crippen LogP) is 20.8. The van der Waals surface area contributed by atoms with Gasteiger partial charge in [0, 0.05) is 162 Å². The van der Waals surface area contributed by atoms with Crippen LogP contribution in [0.25, 0.3) is 10.4 Å². The van der Waals surface area contributed by atoms with Gasteiger partial charge in [-0.3, -0.25) is 57.8 Å². The van der Waals surface area contributed by atoms with Gasteiger partial charge in [-0.05, 0) is 451 Å². The highest BCUT2D eigenvalue weighted by atomic mass is 35.5. The van der Waals surface area contributed by atoms with Gasteiger partial charge in [0.05, 0.1) is 41.7 Å². The van der Waals surface area contributed by atoms with Crippen LogP contribution >= 0.6 is 34.8 Å². The van der Waals surface area contributed by atoms with E-state index in [0.717, 1.165) is 166 Å². The fourth-order valence-corrected chi connectivity index (χ4v) is 28.9. The summed E-state index contributed by atoms with van der Waals surface area (Å²) < 4.78 is 67.1. The van der Waals surface area contributed by atoms with E-state index in [-0.39, 0.29) is 113 Å². The van der Waals surface area contributed by atoms with Crippen molar-refractivity contribution in [2.45, 2.75) is 524 Å². The van der Waals surface area contributed by atoms with Crippen molar-refractivity contribution in [2.75, 3.05) is 77.9 Å². The molecule has 18 heterocycles. The number of allylic oxidation sites excluding steroid dienone is 2. The number of esters is 1. The topological polar surface area (TPSA) is 364 Å². The minimum absolute atomic E-state index is 0.00682. The average molecular weight is 2130 g/mol. The Hall–Kier alpha value is -4.88. The van der Waals surface area contributed by atoms with Crippen LogP contribution < -0.4 is 16.8 Å². The fourth-order valence-electron chi connectivity index (χ4n) is 27.4. The van der Waals surface area contributed by atoms with E-state index < -0.39 is 21.8 Å². The van der Waals surface area contributed by atoms with Gasteiger partial charge in [0.2, 0.25) is 10.6 Å². The molecule has 0 bridgehead atoms. The molecule has 146 heavy (non-hydrogen) atoms. The van der Waals surface area contributed by atoms with Crippen LogP contribution in [0, 0.1) is 18.6 Å². The molecule has 16 aliphatic heterocycles. The number of nitrogens with zero attached hydrogens (tertiary/aromatic N) is 15. The number of fused-ring (bicyclic) bond motifs is 8. The van der Waals surface area contributed by atoms with Crippen LogP contribution in [0.4, 0.5) is 14.6 Å². The number of ether oxygens (including phenoxy) is 2. The maximum atomic E-state index is 13.7. The van der Waals surface area contributed by atoms with E-state index in [1.165, 1.54) is 162 Å². The molecule has 19 rings (SSSR count). The second-order valence-corrected chi connectivity index (χ2v) is 51.6. The van der Waals surface area contributed by atoms with Gasteiger partial charge in [-0.25, -0.2) is 23.7 Å². The number of carbonyl (C=O) groups excluding carboxylic acids is 3. The minimum Gasteiger partial charge on any atom is -0.462 e. The number of Topliss-reactive ketones (excluding diaryl/α,β-unsaturated/α-hetero) is 1. The van der Waals surface area contributed by atoms with Crippen molar-refractivity contribution >= 4 is 68.3 Å². The number of hydrogen-bond donors (Lipinski definition) is 6. The lowest BCUT2D eigenvalue weighted by molar-refractivity contribution is -0.152. The number of aryl methyl sites for hydroxylation is 1. The number of ketones is 2. The summed E-state index contributed by atoms with van der Waals surface area (Å²) in [5.74, 6) is -0.440. The van der Waals surface area contributed by atoms with E-state index >= 15 is 0 Å². The summed E-state index contributed by atoms with van der Waals surface area (Å²) in [6.07, 6.45) is 42.0. The molecule has 29 nitrogen and oxygen atoms in total. The molecular formula is C111H191Cl3F2N18O11S. The Kier molecular flexibility index (Phi) is 49.3. The lowest BCUT2D eigenvalue weighted by Gasteiger charge is -2.47. The standard InChI is InChI=1S/C17H25NO3S.C14H20ClFN4.C12H21NO2.C10H18N4.C10H20N2.2C10H19NO.C10H17NO.C7H17NO.C6H10O.C4HCl2FN2.CH4O/c1-13-6-8-16(9-7-13)22(19,20)21-15-11-14-5-4-10-18(14)17(2,3)12-15;1-14(2)7-9(6-10-4-3-5-20(10)14)18-12-11(16)8-17-13(15)19-12;1-9(14)15-11-7-10-5-4-6-13(10)12(2,3)8-11;1-10(2)7-8(12-13-11)6-9-4-3-5-14(9)10;1-10(2)7-8(11)6-9-4-3-5-12(9)10;3*1-10(2)7-9(12)6-8-4-3-5-11(8)10;1-3-9-7(2)5-4-6-8;1-5(2)4-6(3)7;5-3-2(7)1-8-4(6)9-3;1-2/h6-9,14-15H,4-5,10-12H2,1-3H3;8-10H,3-7H2,1-2H3,(H,17,18,19);10-11H,4-8H2,1-3H3;8-9H,3-7H2,1-2H3;8-9H,3-7,11H2,1-2H3;2*8-9,12H,3-7H2,1-2H3;8H,3-7H2,1-2H3;7H,3-6,8H2,1-2H3;4H,1-3H3;1H;2H,1H3/t14-,15-;9-,10+;10-,11-;2*8-,9+;8-,9-;;;;;;/m011110....../s1. The first-order valence-corrected chi connectivity index (χ1v) is 57.6. The van der Waals surface area contributed by atoms with E-state index in [1.54, 1.807) is 37.3 Å². The third-order valence-electron chi connectivity index (χ3n) is 32.9. The third kappa shape index (κ3) is 38.0. The summed E-state index contributed by atoms with van der Waals surface area (Å²) in [6.45, 7) is 60.3. The largest absolute Gasteiger partial charge is 0.462 e. The first kappa shape index (κ1) is 126. The van der Waals surface area contributed by atoms with E-state index in [9.17, 15) is 41.8 Å². The molecule has 0 radical (unpaired) electrons. The Balaban J connectivity index is 0.000000198. The monoisotopic (exact) mass is 2130 g/mol. The summed E-state index contributed by atoms with van der Waals surface area (Å²) in [7, 11) is -2.67. The number of carbonyl (C=O) groups is 3. The number of anilines is 1. The van der Waals surface area contributed by atoms with Gasteiger partial charge in [0.15, 0.2) is 28.4 Å². The van der Waals surface area contributed by atoms with Gasteiger partial charge in [-0.15, -0.1) is 0 Å². The number of halogens is 5. The number of aliphatic hydroxyl groups is 3. The predicted molar refractivity (Wildman–Crippen MR) is 585 cm³/mol. The van der Waals surface area contributed by atoms with Crippen LogP contribution in [-0.4, -0.2) is 314 Å². The number of hydrogen-bond acceptors (Lipinski definition) is 27. The van der Waals surface area contributed by atoms with Crippen LogP contribution in [0.2, 0.25) is 15.7 Å². The number of piperidine rings is 8. The molecule has 2 aromatic heterocycles. The summed E-state index contributed by atoms with van der Waals surface area (Å²) in [6, 6.07) is 12.8. The van der Waals surface area contributed by atoms with E-state index in [1.807, 2.05) is 27.7 Å². The van der Waals surface area contributed by atoms with Crippen molar-refractivity contribution in [1.29, 1.82) is 0 Å². The fraction of sp³-hybridized carbons (Fsp3) is 0.829. The van der Waals surface area contributed by atoms with Gasteiger partial charge in [0.25, 0.3) is 10.1 Å². The number of benzene rings is 1. The number of azide groups is 1. The number of nitrogens with two attached hydrogens (primary N) is 2. The Morgan fingerprint density at radius 3 is 1.35 bits per heavy atom. The van der Waals surface area contributed by atoms with Crippen LogP contribution in [0.5, 0.6) is 0 Å².